The van der Waals surface area contributed by atoms with Crippen LogP contribution in [0.4, 0.5) is 4.39 Å². The number of benzene rings is 3. The number of hydrogen-bond donors (Lipinski definition) is 3. The highest BCUT2D eigenvalue weighted by Gasteiger charge is 2.19. The number of aromatic amines is 2. The van der Waals surface area contributed by atoms with Crippen LogP contribution in [0.5, 0.6) is 0 Å². The fourth-order valence-corrected chi connectivity index (χ4v) is 5.29. The van der Waals surface area contributed by atoms with Gasteiger partial charge in [0.05, 0.1) is 56.4 Å². The quantitative estimate of drug-likeness (QED) is 0.0933. The first kappa shape index (κ1) is 35.0. The zero-order valence-electron chi connectivity index (χ0n) is 26.4. The summed E-state index contributed by atoms with van der Waals surface area (Å²) in [6.45, 7) is 2.56. The van der Waals surface area contributed by atoms with Crippen LogP contribution in [-0.2, 0) is 43.0 Å². The number of halogens is 2. The first-order valence-corrected chi connectivity index (χ1v) is 16.1. The number of carboxylic acid groups (broad SMARTS) is 1. The molecule has 0 amide bonds. The number of nitrogens with one attached hydrogen (secondary N) is 2. The number of hydrogen-bond acceptors (Lipinski definition) is 7. The van der Waals surface area contributed by atoms with Gasteiger partial charge < -0.3 is 29.0 Å². The largest absolute Gasteiger partial charge is 0.480 e. The van der Waals surface area contributed by atoms with Crippen LogP contribution < -0.4 is 5.56 Å². The summed E-state index contributed by atoms with van der Waals surface area (Å²) in [4.78, 5) is 31.9. The molecule has 2 aromatic heterocycles. The van der Waals surface area contributed by atoms with E-state index in [1.807, 2.05) is 24.3 Å². The molecule has 0 radical (unpaired) electrons. The number of carbonyl (C=O) groups is 1. The Kier molecular flexibility index (Phi) is 12.9. The third-order valence-corrected chi connectivity index (χ3v) is 7.78. The van der Waals surface area contributed by atoms with Gasteiger partial charge in [-0.2, -0.15) is 4.68 Å². The van der Waals surface area contributed by atoms with E-state index in [2.05, 4.69) is 15.1 Å². The van der Waals surface area contributed by atoms with Crippen molar-refractivity contribution in [2.45, 2.75) is 25.7 Å². The van der Waals surface area contributed by atoms with Crippen LogP contribution in [0.3, 0.4) is 0 Å². The minimum atomic E-state index is -1.00. The maximum atomic E-state index is 13.8. The summed E-state index contributed by atoms with van der Waals surface area (Å²) < 4.78 is 36.2. The van der Waals surface area contributed by atoms with Crippen LogP contribution in [0.1, 0.15) is 23.1 Å². The lowest BCUT2D eigenvalue weighted by Crippen LogP contribution is -2.18. The number of nitrogens with zero attached hydrogens (tertiary/aromatic N) is 2. The van der Waals surface area contributed by atoms with Gasteiger partial charge in [-0.25, -0.2) is 14.2 Å². The lowest BCUT2D eigenvalue weighted by Gasteiger charge is -2.08. The second-order valence-corrected chi connectivity index (χ2v) is 11.5. The van der Waals surface area contributed by atoms with E-state index in [-0.39, 0.29) is 24.6 Å². The topological polar surface area (TPSA) is 141 Å². The molecule has 0 atom stereocenters. The summed E-state index contributed by atoms with van der Waals surface area (Å²) in [5, 5.41) is 12.3. The maximum Gasteiger partial charge on any atom is 0.329 e. The minimum Gasteiger partial charge on any atom is -0.480 e. The Hall–Kier alpha value is -4.33. The number of aromatic nitrogens is 4. The highest BCUT2D eigenvalue weighted by molar-refractivity contribution is 6.31. The van der Waals surface area contributed by atoms with Gasteiger partial charge in [0.2, 0.25) is 5.95 Å². The Morgan fingerprint density at radius 3 is 2.12 bits per heavy atom. The van der Waals surface area contributed by atoms with Crippen LogP contribution in [0, 0.1) is 5.82 Å². The van der Waals surface area contributed by atoms with Gasteiger partial charge in [-0.3, -0.25) is 9.89 Å². The molecule has 11 nitrogen and oxygen atoms in total. The van der Waals surface area contributed by atoms with Crippen LogP contribution >= 0.6 is 11.6 Å². The fourth-order valence-electron chi connectivity index (χ4n) is 5.12. The molecule has 0 aliphatic rings. The van der Waals surface area contributed by atoms with Gasteiger partial charge in [0.15, 0.2) is 0 Å². The molecule has 0 saturated heterocycles. The van der Waals surface area contributed by atoms with Crippen molar-refractivity contribution in [3.05, 3.63) is 105 Å². The van der Waals surface area contributed by atoms with Crippen molar-refractivity contribution in [1.82, 2.24) is 19.7 Å². The SMILES string of the molecule is O=C(O)COCCOCCOCCOCCCc1ccc(-c2[nH]n(-c3nc4ccc(Cl)cc4[nH]3)c(=O)c2CCc2ccc(F)cc2)cc1. The maximum absolute atomic E-state index is 13.8. The molecule has 13 heteroatoms. The highest BCUT2D eigenvalue weighted by Crippen LogP contribution is 2.24. The summed E-state index contributed by atoms with van der Waals surface area (Å²) in [5.74, 6) is -0.940. The van der Waals surface area contributed by atoms with E-state index in [1.165, 1.54) is 16.8 Å². The minimum absolute atomic E-state index is 0.211. The Bertz CT molecular complexity index is 1820. The van der Waals surface area contributed by atoms with Gasteiger partial charge in [0.25, 0.3) is 5.56 Å². The smallest absolute Gasteiger partial charge is 0.329 e. The number of fused-ring (bicyclic) bond motifs is 1. The van der Waals surface area contributed by atoms with Crippen molar-refractivity contribution in [2.75, 3.05) is 52.9 Å². The van der Waals surface area contributed by atoms with E-state index < -0.39 is 5.97 Å². The summed E-state index contributed by atoms with van der Waals surface area (Å²) in [6, 6.07) is 19.7. The van der Waals surface area contributed by atoms with Gasteiger partial charge in [-0.15, -0.1) is 0 Å². The fraction of sp³-hybridized carbons (Fsp3) is 0.343. The number of H-pyrrole nitrogens is 2. The van der Waals surface area contributed by atoms with E-state index >= 15 is 0 Å². The molecule has 5 rings (SSSR count). The summed E-state index contributed by atoms with van der Waals surface area (Å²) >= 11 is 6.16. The molecule has 2 heterocycles. The monoisotopic (exact) mass is 680 g/mol. The molecule has 0 bridgehead atoms. The van der Waals surface area contributed by atoms with Gasteiger partial charge in [-0.1, -0.05) is 48.0 Å². The predicted octanol–water partition coefficient (Wildman–Crippen LogP) is 5.37. The average Bonchev–Trinajstić information content (AvgIpc) is 3.64. The molecule has 0 aliphatic heterocycles. The number of carboxylic acids is 1. The van der Waals surface area contributed by atoms with Gasteiger partial charge in [0.1, 0.15) is 12.4 Å². The van der Waals surface area contributed by atoms with Crippen molar-refractivity contribution in [2.24, 2.45) is 0 Å². The van der Waals surface area contributed by atoms with Crippen molar-refractivity contribution < 1.29 is 33.2 Å². The summed E-state index contributed by atoms with van der Waals surface area (Å²) in [6.07, 6.45) is 2.69. The van der Waals surface area contributed by atoms with Crippen molar-refractivity contribution >= 4 is 28.6 Å². The molecule has 0 saturated carbocycles. The van der Waals surface area contributed by atoms with E-state index in [1.54, 1.807) is 30.3 Å². The van der Waals surface area contributed by atoms with Gasteiger partial charge in [0, 0.05) is 17.2 Å². The normalized spacial score (nSPS) is 11.5. The second kappa shape index (κ2) is 17.7. The third-order valence-electron chi connectivity index (χ3n) is 7.55. The molecular formula is C35H38ClFN4O7. The summed E-state index contributed by atoms with van der Waals surface area (Å²) in [5.41, 5.74) is 5.46. The Balaban J connectivity index is 1.13. The van der Waals surface area contributed by atoms with Crippen LogP contribution in [0.25, 0.3) is 28.2 Å². The molecule has 3 N–H and O–H groups in total. The predicted molar refractivity (Wildman–Crippen MR) is 180 cm³/mol. The highest BCUT2D eigenvalue weighted by atomic mass is 35.5. The molecule has 3 aromatic carbocycles. The standard InChI is InChI=1S/C35H38ClFN4O7/c36-27-10-14-30-31(22-27)39-35(38-30)41-34(44)29(13-7-25-5-11-28(37)12-6-25)33(40-41)26-8-3-24(4-9-26)2-1-15-45-16-17-46-18-19-47-20-21-48-23-32(42)43/h3-6,8-12,14,22,40H,1-2,7,13,15-21,23H2,(H,38,39)(H,42,43). The second-order valence-electron chi connectivity index (χ2n) is 11.0. The first-order valence-electron chi connectivity index (χ1n) is 15.7. The van der Waals surface area contributed by atoms with E-state index in [4.69, 9.17) is 35.7 Å². The number of aryl methyl sites for hydroxylation is 2. The van der Waals surface area contributed by atoms with E-state index in [0.29, 0.717) is 80.2 Å². The lowest BCUT2D eigenvalue weighted by molar-refractivity contribution is -0.142. The number of aliphatic carboxylic acids is 1. The average molecular weight is 681 g/mol. The van der Waals surface area contributed by atoms with Crippen LogP contribution in [-0.4, -0.2) is 83.7 Å². The summed E-state index contributed by atoms with van der Waals surface area (Å²) in [7, 11) is 0. The number of ether oxygens (including phenoxy) is 4. The molecule has 0 spiro atoms. The molecule has 0 aliphatic carbocycles. The zero-order valence-corrected chi connectivity index (χ0v) is 27.1. The Labute approximate surface area is 281 Å². The molecule has 5 aromatic rings. The first-order chi connectivity index (χ1) is 23.4. The van der Waals surface area contributed by atoms with E-state index in [0.717, 1.165) is 35.0 Å². The molecule has 0 fully saturated rings. The molecule has 254 valence electrons. The number of imidazole rings is 1. The Morgan fingerprint density at radius 2 is 1.44 bits per heavy atom. The van der Waals surface area contributed by atoms with Crippen LogP contribution in [0.2, 0.25) is 5.02 Å². The van der Waals surface area contributed by atoms with Gasteiger partial charge >= 0.3 is 5.97 Å². The Morgan fingerprint density at radius 1 is 0.812 bits per heavy atom. The molecule has 0 unspecified atom stereocenters. The lowest BCUT2D eigenvalue weighted by atomic mass is 10.00. The van der Waals surface area contributed by atoms with Crippen LogP contribution in [0.15, 0.2) is 71.5 Å². The van der Waals surface area contributed by atoms with Crippen molar-refractivity contribution in [3.8, 4) is 17.2 Å². The van der Waals surface area contributed by atoms with Crippen molar-refractivity contribution in [1.29, 1.82) is 0 Å². The number of rotatable bonds is 20. The molecular weight excluding hydrogens is 643 g/mol. The zero-order chi connectivity index (χ0) is 33.7. The van der Waals surface area contributed by atoms with Gasteiger partial charge in [-0.05, 0) is 72.7 Å². The van der Waals surface area contributed by atoms with Crippen molar-refractivity contribution in [3.63, 3.8) is 0 Å². The third kappa shape index (κ3) is 10.1. The van der Waals surface area contributed by atoms with E-state index in [9.17, 15) is 14.0 Å². The molecule has 48 heavy (non-hydrogen) atoms.